The van der Waals surface area contributed by atoms with E-state index < -0.39 is 27.6 Å². The van der Waals surface area contributed by atoms with E-state index in [4.69, 9.17) is 0 Å². The lowest BCUT2D eigenvalue weighted by Gasteiger charge is -2.13. The fourth-order valence-corrected chi connectivity index (χ4v) is 5.47. The number of pyridine rings is 1. The Morgan fingerprint density at radius 1 is 1.14 bits per heavy atom. The summed E-state index contributed by atoms with van der Waals surface area (Å²) in [6.07, 6.45) is 3.29. The Morgan fingerprint density at radius 3 is 2.50 bits per heavy atom. The molecule has 0 unspecified atom stereocenters. The van der Waals surface area contributed by atoms with Crippen molar-refractivity contribution in [2.75, 3.05) is 10.5 Å². The number of aromatic carboxylic acids is 1. The van der Waals surface area contributed by atoms with Crippen molar-refractivity contribution in [2.45, 2.75) is 25.2 Å². The van der Waals surface area contributed by atoms with Crippen LogP contribution in [0.15, 0.2) is 59.2 Å². The summed E-state index contributed by atoms with van der Waals surface area (Å²) in [6, 6.07) is 11.5. The molecule has 7 nitrogen and oxygen atoms in total. The van der Waals surface area contributed by atoms with Crippen LogP contribution in [0.1, 0.15) is 40.2 Å². The molecule has 0 saturated heterocycles. The molecule has 0 bridgehead atoms. The number of benzene rings is 2. The highest BCUT2D eigenvalue weighted by Crippen LogP contribution is 2.45. The van der Waals surface area contributed by atoms with E-state index >= 15 is 0 Å². The average Bonchev–Trinajstić information content (AvgIpc) is 3.60. The first-order valence-corrected chi connectivity index (χ1v) is 13.6. The van der Waals surface area contributed by atoms with E-state index in [9.17, 15) is 27.1 Å². The molecule has 186 valence electrons. The molecular weight excluding hydrogens is 556 g/mol. The molecule has 2 aromatic heterocycles. The van der Waals surface area contributed by atoms with Crippen molar-refractivity contribution in [1.82, 2.24) is 9.61 Å². The van der Waals surface area contributed by atoms with E-state index in [0.717, 1.165) is 12.8 Å². The fraction of sp³-hybridized carbons (Fsp3) is 0.200. The lowest BCUT2D eigenvalue weighted by atomic mass is 10.0. The maximum Gasteiger partial charge on any atom is 0.340 e. The molecule has 1 aliphatic carbocycles. The molecular formula is C25H20BrF2N3O4S. The summed E-state index contributed by atoms with van der Waals surface area (Å²) in [6.45, 7) is 0. The Kier molecular flexibility index (Phi) is 6.29. The topological polar surface area (TPSA) is 101 Å². The van der Waals surface area contributed by atoms with Gasteiger partial charge in [-0.05, 0) is 94.7 Å². The van der Waals surface area contributed by atoms with Gasteiger partial charge in [-0.2, -0.15) is 5.10 Å². The van der Waals surface area contributed by atoms with Crippen LogP contribution in [0.25, 0.3) is 16.8 Å². The van der Waals surface area contributed by atoms with Crippen LogP contribution in [0.4, 0.5) is 14.5 Å². The number of anilines is 1. The molecule has 36 heavy (non-hydrogen) atoms. The Bertz CT molecular complexity index is 1600. The molecule has 0 spiro atoms. The van der Waals surface area contributed by atoms with Crippen molar-refractivity contribution in [2.24, 2.45) is 0 Å². The Hall–Kier alpha value is -3.31. The third kappa shape index (κ3) is 4.98. The highest BCUT2D eigenvalue weighted by atomic mass is 79.9. The van der Waals surface area contributed by atoms with Gasteiger partial charge in [0.1, 0.15) is 22.9 Å². The lowest BCUT2D eigenvalue weighted by Crippen LogP contribution is -2.19. The van der Waals surface area contributed by atoms with Crippen LogP contribution in [-0.2, 0) is 16.4 Å². The summed E-state index contributed by atoms with van der Waals surface area (Å²) in [5.41, 5.74) is 2.40. The summed E-state index contributed by atoms with van der Waals surface area (Å²) < 4.78 is 57.3. The summed E-state index contributed by atoms with van der Waals surface area (Å²) in [7, 11) is -3.81. The first-order chi connectivity index (χ1) is 17.1. The highest BCUT2D eigenvalue weighted by Gasteiger charge is 2.30. The van der Waals surface area contributed by atoms with E-state index in [2.05, 4.69) is 25.8 Å². The number of sulfonamides is 1. The molecule has 2 N–H and O–H groups in total. The molecule has 4 aromatic rings. The summed E-state index contributed by atoms with van der Waals surface area (Å²) in [4.78, 5) is 12.1. The van der Waals surface area contributed by atoms with Gasteiger partial charge in [-0.1, -0.05) is 6.07 Å². The number of halogens is 3. The molecule has 2 aromatic carbocycles. The molecule has 1 saturated carbocycles. The van der Waals surface area contributed by atoms with Gasteiger partial charge in [-0.3, -0.25) is 4.72 Å². The summed E-state index contributed by atoms with van der Waals surface area (Å²) in [5.74, 6) is -2.29. The second kappa shape index (κ2) is 9.29. The quantitative estimate of drug-likeness (QED) is 0.285. The maximum absolute atomic E-state index is 13.8. The van der Waals surface area contributed by atoms with Gasteiger partial charge in [-0.25, -0.2) is 26.5 Å². The van der Waals surface area contributed by atoms with Crippen molar-refractivity contribution in [1.29, 1.82) is 0 Å². The van der Waals surface area contributed by atoms with Crippen LogP contribution in [0.3, 0.4) is 0 Å². The van der Waals surface area contributed by atoms with E-state index in [1.54, 1.807) is 12.1 Å². The molecule has 0 atom stereocenters. The van der Waals surface area contributed by atoms with Gasteiger partial charge in [-0.15, -0.1) is 0 Å². The van der Waals surface area contributed by atoms with Gasteiger partial charge in [0.2, 0.25) is 10.0 Å². The largest absolute Gasteiger partial charge is 0.478 e. The van der Waals surface area contributed by atoms with Crippen LogP contribution >= 0.6 is 15.9 Å². The third-order valence-corrected chi connectivity index (χ3v) is 7.98. The zero-order chi connectivity index (χ0) is 25.6. The molecule has 11 heteroatoms. The Labute approximate surface area is 214 Å². The predicted molar refractivity (Wildman–Crippen MR) is 135 cm³/mol. The number of carboxylic acids is 1. The van der Waals surface area contributed by atoms with Crippen molar-refractivity contribution in [3.8, 4) is 11.3 Å². The van der Waals surface area contributed by atoms with E-state index in [-0.39, 0.29) is 29.3 Å². The van der Waals surface area contributed by atoms with Crippen LogP contribution in [-0.4, -0.2) is 34.9 Å². The van der Waals surface area contributed by atoms with E-state index in [0.29, 0.717) is 32.4 Å². The molecule has 2 heterocycles. The van der Waals surface area contributed by atoms with Crippen LogP contribution in [0.2, 0.25) is 0 Å². The lowest BCUT2D eigenvalue weighted by molar-refractivity contribution is 0.0699. The minimum atomic E-state index is -3.81. The second-order valence-corrected chi connectivity index (χ2v) is 11.4. The minimum Gasteiger partial charge on any atom is -0.478 e. The number of hydrogen-bond donors (Lipinski definition) is 2. The third-order valence-electron chi connectivity index (χ3n) is 6.06. The monoisotopic (exact) mass is 575 g/mol. The number of fused-ring (bicyclic) bond motifs is 1. The standard InChI is InChI=1S/C25H20BrF2N3O4S/c26-19-8-1-14(11-20(19)28)9-10-36(34,35)30-21-13-31-22(12-18(21)15-2-3-15)23(25(32)33)24(29-31)16-4-6-17(27)7-5-16/h1,4-8,11-13,15,30H,2-3,9-10H2,(H,32,33). The van der Waals surface area contributed by atoms with Crippen LogP contribution in [0.5, 0.6) is 0 Å². The number of carboxylic acid groups (broad SMARTS) is 1. The number of rotatable bonds is 8. The SMILES string of the molecule is O=C(O)c1c(-c2ccc(F)cc2)nn2cc(NS(=O)(=O)CCc3ccc(Br)c(F)c3)c(C3CC3)cc12. The van der Waals surface area contributed by atoms with E-state index in [1.165, 1.54) is 47.1 Å². The fourth-order valence-electron chi connectivity index (χ4n) is 4.11. The van der Waals surface area contributed by atoms with Gasteiger partial charge >= 0.3 is 5.97 Å². The first kappa shape index (κ1) is 24.4. The van der Waals surface area contributed by atoms with Gasteiger partial charge in [0.05, 0.1) is 27.6 Å². The van der Waals surface area contributed by atoms with Gasteiger partial charge < -0.3 is 5.11 Å². The number of carbonyl (C=O) groups is 1. The molecule has 5 rings (SSSR count). The average molecular weight is 576 g/mol. The summed E-state index contributed by atoms with van der Waals surface area (Å²) >= 11 is 3.08. The zero-order valence-corrected chi connectivity index (χ0v) is 21.1. The minimum absolute atomic E-state index is 0.0461. The Morgan fingerprint density at radius 2 is 1.86 bits per heavy atom. The molecule has 0 aliphatic heterocycles. The number of hydrogen-bond acceptors (Lipinski definition) is 4. The van der Waals surface area contributed by atoms with Gasteiger partial charge in [0.15, 0.2) is 0 Å². The highest BCUT2D eigenvalue weighted by molar-refractivity contribution is 9.10. The Balaban J connectivity index is 1.50. The number of nitrogens with one attached hydrogen (secondary N) is 1. The molecule has 1 fully saturated rings. The number of aryl methyl sites for hydroxylation is 1. The smallest absolute Gasteiger partial charge is 0.340 e. The molecule has 1 aliphatic rings. The van der Waals surface area contributed by atoms with Crippen molar-refractivity contribution in [3.63, 3.8) is 0 Å². The summed E-state index contributed by atoms with van der Waals surface area (Å²) in [5, 5.41) is 14.3. The molecule has 0 amide bonds. The van der Waals surface area contributed by atoms with Crippen molar-refractivity contribution in [3.05, 3.63) is 87.5 Å². The maximum atomic E-state index is 13.8. The van der Waals surface area contributed by atoms with Gasteiger partial charge in [0, 0.05) is 5.56 Å². The van der Waals surface area contributed by atoms with Crippen molar-refractivity contribution >= 4 is 43.1 Å². The van der Waals surface area contributed by atoms with Crippen molar-refractivity contribution < 1.29 is 27.1 Å². The van der Waals surface area contributed by atoms with Crippen LogP contribution in [0, 0.1) is 11.6 Å². The second-order valence-electron chi connectivity index (χ2n) is 8.70. The predicted octanol–water partition coefficient (Wildman–Crippen LogP) is 5.60. The molecule has 0 radical (unpaired) electrons. The first-order valence-electron chi connectivity index (χ1n) is 11.1. The zero-order valence-electron chi connectivity index (χ0n) is 18.7. The number of nitrogens with zero attached hydrogens (tertiary/aromatic N) is 2. The van der Waals surface area contributed by atoms with Crippen LogP contribution < -0.4 is 4.72 Å². The number of aromatic nitrogens is 2. The van der Waals surface area contributed by atoms with E-state index in [1.807, 2.05) is 0 Å². The normalized spacial score (nSPS) is 13.8. The van der Waals surface area contributed by atoms with Gasteiger partial charge in [0.25, 0.3) is 0 Å².